The zero-order valence-corrected chi connectivity index (χ0v) is 20.7. The van der Waals surface area contributed by atoms with Crippen molar-refractivity contribution < 1.29 is 24.6 Å². The third kappa shape index (κ3) is 4.66. The summed E-state index contributed by atoms with van der Waals surface area (Å²) in [5.74, 6) is 0.919. The van der Waals surface area contributed by atoms with Crippen LogP contribution in [-0.4, -0.2) is 60.1 Å². The van der Waals surface area contributed by atoms with Gasteiger partial charge in [-0.3, -0.25) is 4.98 Å². The van der Waals surface area contributed by atoms with Crippen molar-refractivity contribution in [2.45, 2.75) is 58.2 Å². The van der Waals surface area contributed by atoms with Gasteiger partial charge in [0, 0.05) is 42.0 Å². The summed E-state index contributed by atoms with van der Waals surface area (Å²) in [4.78, 5) is 21.5. The Morgan fingerprint density at radius 3 is 2.37 bits per heavy atom. The zero-order valence-electron chi connectivity index (χ0n) is 20.7. The van der Waals surface area contributed by atoms with Gasteiger partial charge in [-0.1, -0.05) is 50.2 Å². The Hall–Kier alpha value is -3.30. The average Bonchev–Trinajstić information content (AvgIpc) is 3.23. The molecule has 1 aliphatic rings. The number of hydrogen-bond acceptors (Lipinski definition) is 7. The molecule has 0 unspecified atom stereocenters. The molecule has 3 heterocycles. The maximum absolute atomic E-state index is 12.3. The van der Waals surface area contributed by atoms with E-state index in [9.17, 15) is 20.1 Å². The van der Waals surface area contributed by atoms with Crippen LogP contribution in [0.2, 0.25) is 0 Å². The number of aromatic nitrogens is 3. The normalized spacial score (nSPS) is 17.2. The number of carboxylic acid groups (broad SMARTS) is 1. The molecule has 3 N–H and O–H groups in total. The minimum Gasteiger partial charge on any atom is -0.465 e. The van der Waals surface area contributed by atoms with Crippen molar-refractivity contribution in [2.75, 3.05) is 13.1 Å². The maximum Gasteiger partial charge on any atom is 0.407 e. The smallest absolute Gasteiger partial charge is 0.407 e. The SMILES string of the molecule is CC(C)c1ccc([C@](O)(c2cncc(-c3noc(CC(C)(C)O)n3)c2)C2(C)CN(C(=O)O)C2)cc1. The Morgan fingerprint density at radius 2 is 1.80 bits per heavy atom. The molecular weight excluding hydrogens is 448 g/mol. The summed E-state index contributed by atoms with van der Waals surface area (Å²) < 4.78 is 5.30. The van der Waals surface area contributed by atoms with Crippen LogP contribution in [0.25, 0.3) is 11.4 Å². The maximum atomic E-state index is 12.3. The van der Waals surface area contributed by atoms with E-state index in [0.29, 0.717) is 34.3 Å². The lowest BCUT2D eigenvalue weighted by atomic mass is 9.62. The minimum absolute atomic E-state index is 0.174. The number of benzene rings is 1. The average molecular weight is 481 g/mol. The number of nitrogens with zero attached hydrogens (tertiary/aromatic N) is 4. The van der Waals surface area contributed by atoms with Gasteiger partial charge in [-0.25, -0.2) is 4.79 Å². The summed E-state index contributed by atoms with van der Waals surface area (Å²) in [5.41, 5.74) is -0.450. The highest BCUT2D eigenvalue weighted by atomic mass is 16.5. The number of rotatable bonds is 7. The predicted octanol–water partition coefficient (Wildman–Crippen LogP) is 3.80. The molecule has 0 aliphatic carbocycles. The van der Waals surface area contributed by atoms with E-state index in [-0.39, 0.29) is 19.5 Å². The summed E-state index contributed by atoms with van der Waals surface area (Å²) in [7, 11) is 0. The molecule has 9 heteroatoms. The highest BCUT2D eigenvalue weighted by Crippen LogP contribution is 2.51. The van der Waals surface area contributed by atoms with Crippen LogP contribution in [0.3, 0.4) is 0 Å². The van der Waals surface area contributed by atoms with Gasteiger partial charge in [-0.15, -0.1) is 0 Å². The number of pyridine rings is 1. The molecule has 1 aromatic carbocycles. The van der Waals surface area contributed by atoms with Gasteiger partial charge in [0.15, 0.2) is 0 Å². The molecule has 35 heavy (non-hydrogen) atoms. The Balaban J connectivity index is 1.77. The van der Waals surface area contributed by atoms with Crippen molar-refractivity contribution in [3.63, 3.8) is 0 Å². The van der Waals surface area contributed by atoms with Crippen LogP contribution in [0.1, 0.15) is 63.1 Å². The molecule has 0 radical (unpaired) electrons. The van der Waals surface area contributed by atoms with E-state index in [1.807, 2.05) is 31.2 Å². The number of aliphatic hydroxyl groups is 2. The lowest BCUT2D eigenvalue weighted by Gasteiger charge is -2.55. The van der Waals surface area contributed by atoms with Gasteiger partial charge in [0.05, 0.1) is 12.0 Å². The first kappa shape index (κ1) is 24.8. The van der Waals surface area contributed by atoms with E-state index in [2.05, 4.69) is 29.0 Å². The molecule has 3 aromatic rings. The summed E-state index contributed by atoms with van der Waals surface area (Å²) in [5, 5.41) is 35.8. The second-order valence-electron chi connectivity index (χ2n) is 10.6. The second kappa shape index (κ2) is 8.73. The molecule has 1 saturated heterocycles. The monoisotopic (exact) mass is 480 g/mol. The van der Waals surface area contributed by atoms with Crippen molar-refractivity contribution in [3.8, 4) is 11.4 Å². The van der Waals surface area contributed by atoms with E-state index in [0.717, 1.165) is 5.56 Å². The molecule has 1 aliphatic heterocycles. The first-order valence-corrected chi connectivity index (χ1v) is 11.6. The van der Waals surface area contributed by atoms with Crippen molar-refractivity contribution in [3.05, 3.63) is 65.3 Å². The van der Waals surface area contributed by atoms with Gasteiger partial charge < -0.3 is 24.7 Å². The van der Waals surface area contributed by atoms with Crippen molar-refractivity contribution in [2.24, 2.45) is 5.41 Å². The van der Waals surface area contributed by atoms with Gasteiger partial charge in [-0.05, 0) is 37.0 Å². The Kier molecular flexibility index (Phi) is 6.19. The highest BCUT2D eigenvalue weighted by molar-refractivity contribution is 5.67. The molecule has 0 spiro atoms. The number of likely N-dealkylation sites (tertiary alicyclic amines) is 1. The standard InChI is InChI=1S/C26H32N4O5/c1-16(2)17-6-8-19(9-7-17)26(34,25(5)14-30(15-25)23(31)32)20-10-18(12-27-13-20)22-28-21(35-29-22)11-24(3,4)33/h6-10,12-13,16,33-34H,11,14-15H2,1-5H3,(H,31,32)/t26-/m0/s1. The van der Waals surface area contributed by atoms with Crippen molar-refractivity contribution in [1.82, 2.24) is 20.0 Å². The van der Waals surface area contributed by atoms with Crippen molar-refractivity contribution >= 4 is 6.09 Å². The van der Waals surface area contributed by atoms with Crippen LogP contribution in [0, 0.1) is 5.41 Å². The van der Waals surface area contributed by atoms with Crippen LogP contribution in [0.5, 0.6) is 0 Å². The van der Waals surface area contributed by atoms with Crippen LogP contribution in [0.4, 0.5) is 4.79 Å². The molecule has 0 saturated carbocycles. The Labute approximate surface area is 204 Å². The Morgan fingerprint density at radius 1 is 1.14 bits per heavy atom. The first-order chi connectivity index (χ1) is 16.3. The number of carbonyl (C=O) groups is 1. The van der Waals surface area contributed by atoms with Crippen LogP contribution in [0.15, 0.2) is 47.2 Å². The fourth-order valence-electron chi connectivity index (χ4n) is 4.71. The molecule has 1 amide bonds. The van der Waals surface area contributed by atoms with Crippen molar-refractivity contribution in [1.29, 1.82) is 0 Å². The lowest BCUT2D eigenvalue weighted by molar-refractivity contribution is -0.124. The van der Waals surface area contributed by atoms with E-state index in [1.165, 1.54) is 4.90 Å². The predicted molar refractivity (Wildman–Crippen MR) is 129 cm³/mol. The van der Waals surface area contributed by atoms with Crippen LogP contribution >= 0.6 is 0 Å². The summed E-state index contributed by atoms with van der Waals surface area (Å²) >= 11 is 0. The molecule has 2 aromatic heterocycles. The summed E-state index contributed by atoms with van der Waals surface area (Å²) in [6.45, 7) is 9.74. The van der Waals surface area contributed by atoms with Gasteiger partial charge in [0.25, 0.3) is 0 Å². The third-order valence-electron chi connectivity index (χ3n) is 6.68. The van der Waals surface area contributed by atoms with Gasteiger partial charge >= 0.3 is 6.09 Å². The second-order valence-corrected chi connectivity index (χ2v) is 10.6. The molecular formula is C26H32N4O5. The summed E-state index contributed by atoms with van der Waals surface area (Å²) in [6, 6.07) is 9.53. The van der Waals surface area contributed by atoms with Gasteiger partial charge in [0.1, 0.15) is 5.60 Å². The molecule has 4 rings (SSSR count). The van der Waals surface area contributed by atoms with E-state index >= 15 is 0 Å². The molecule has 9 nitrogen and oxygen atoms in total. The highest BCUT2D eigenvalue weighted by Gasteiger charge is 2.57. The fraction of sp³-hybridized carbons (Fsp3) is 0.462. The largest absolute Gasteiger partial charge is 0.465 e. The molecule has 186 valence electrons. The van der Waals surface area contributed by atoms with E-state index < -0.39 is 22.7 Å². The van der Waals surface area contributed by atoms with Crippen LogP contribution < -0.4 is 0 Å². The first-order valence-electron chi connectivity index (χ1n) is 11.6. The molecule has 1 atom stereocenters. The molecule has 0 bridgehead atoms. The summed E-state index contributed by atoms with van der Waals surface area (Å²) in [6.07, 6.45) is 2.35. The van der Waals surface area contributed by atoms with Gasteiger partial charge in [-0.2, -0.15) is 4.98 Å². The zero-order chi connectivity index (χ0) is 25.6. The Bertz CT molecular complexity index is 1210. The topological polar surface area (TPSA) is 133 Å². The van der Waals surface area contributed by atoms with Gasteiger partial charge in [0.2, 0.25) is 11.7 Å². The lowest BCUT2D eigenvalue weighted by Crippen LogP contribution is -2.66. The third-order valence-corrected chi connectivity index (χ3v) is 6.68. The quantitative estimate of drug-likeness (QED) is 0.465. The minimum atomic E-state index is -1.52. The number of hydrogen-bond donors (Lipinski definition) is 3. The fourth-order valence-corrected chi connectivity index (χ4v) is 4.71. The number of amides is 1. The van der Waals surface area contributed by atoms with E-state index in [1.54, 1.807) is 32.3 Å². The van der Waals surface area contributed by atoms with E-state index in [4.69, 9.17) is 4.52 Å². The van der Waals surface area contributed by atoms with Crippen LogP contribution in [-0.2, 0) is 12.0 Å². The molecule has 1 fully saturated rings.